The number of aliphatic imine (C=N–C) groups is 1. The normalized spacial score (nSPS) is 38.8. The van der Waals surface area contributed by atoms with Gasteiger partial charge in [-0.2, -0.15) is 4.98 Å². The number of halogens is 1. The molecule has 2 bridgehead atoms. The minimum atomic E-state index is -5.09. The number of nitrogens with one attached hydrogen (secondary N) is 1. The van der Waals surface area contributed by atoms with Crippen molar-refractivity contribution in [3.05, 3.63) is 28.7 Å². The number of hydrogen-bond donors (Lipinski definition) is 5. The van der Waals surface area contributed by atoms with E-state index in [1.165, 1.54) is 17.1 Å². The van der Waals surface area contributed by atoms with E-state index < -0.39 is 82.8 Å². The highest BCUT2D eigenvalue weighted by Gasteiger charge is 2.54. The third kappa shape index (κ3) is 5.47. The van der Waals surface area contributed by atoms with Crippen molar-refractivity contribution < 1.29 is 56.4 Å². The molecule has 0 amide bonds. The number of imidazole rings is 2. The fourth-order valence-electron chi connectivity index (χ4n) is 5.38. The van der Waals surface area contributed by atoms with Crippen molar-refractivity contribution in [1.29, 1.82) is 0 Å². The molecule has 3 saturated heterocycles. The molecule has 24 heteroatoms. The first-order valence-corrected chi connectivity index (χ1v) is 16.5. The fourth-order valence-corrected chi connectivity index (χ4v) is 7.75. The minimum Gasteiger partial charge on any atom is -0.387 e. The third-order valence-electron chi connectivity index (χ3n) is 7.41. The first-order valence-electron chi connectivity index (χ1n) is 13.1. The average molecular weight is 693 g/mol. The number of nitrogens with zero attached hydrogens (tertiary/aromatic N) is 6. The Morgan fingerprint density at radius 2 is 1.64 bits per heavy atom. The number of phosphoric acid groups is 2. The molecule has 0 saturated carbocycles. The van der Waals surface area contributed by atoms with Gasteiger partial charge in [0.15, 0.2) is 40.9 Å². The van der Waals surface area contributed by atoms with Gasteiger partial charge in [0.2, 0.25) is 5.95 Å². The molecule has 242 valence electrons. The second-order valence-electron chi connectivity index (χ2n) is 10.3. The molecule has 0 radical (unpaired) electrons. The van der Waals surface area contributed by atoms with Crippen molar-refractivity contribution in [2.24, 2.45) is 4.99 Å². The highest BCUT2D eigenvalue weighted by Crippen LogP contribution is 2.54. The smallest absolute Gasteiger partial charge is 0.387 e. The molecular formula is C21H23ClN8O13P2. The zero-order valence-corrected chi connectivity index (χ0v) is 25.0. The summed E-state index contributed by atoms with van der Waals surface area (Å²) >= 11 is 6.62. The van der Waals surface area contributed by atoms with Crippen LogP contribution >= 0.6 is 27.2 Å². The van der Waals surface area contributed by atoms with Crippen LogP contribution in [0.3, 0.4) is 0 Å². The molecule has 0 spiro atoms. The second-order valence-corrected chi connectivity index (χ2v) is 13.6. The van der Waals surface area contributed by atoms with Gasteiger partial charge in [0.25, 0.3) is 5.56 Å². The lowest BCUT2D eigenvalue weighted by Crippen LogP contribution is -2.35. The number of Topliss-reactive ketones (excluding diaryl/α,β-unsaturated/α-hetero) is 1. The van der Waals surface area contributed by atoms with E-state index in [2.05, 4.69) is 24.9 Å². The van der Waals surface area contributed by atoms with Gasteiger partial charge in [0.05, 0.1) is 25.9 Å². The molecule has 2 unspecified atom stereocenters. The van der Waals surface area contributed by atoms with Crippen LogP contribution in [0, 0.1) is 0 Å². The van der Waals surface area contributed by atoms with Gasteiger partial charge in [0, 0.05) is 12.6 Å². The number of carbonyl (C=O) groups is 1. The number of alkyl halides is 1. The Bertz CT molecular complexity index is 1860. The SMILES string of the molecule is Nc1nc2c(ncn2[C@@H]2O[C@@H]3COP(=O)(O)O[C@H]4[C@H](Cl)[C@H](n5cnc6c5N=CCC6=O)O[C@@H]4COP(=O)(O)O[C@@H]2[C@@H]3O)c(=O)[nH]1. The summed E-state index contributed by atoms with van der Waals surface area (Å²) in [4.78, 5) is 64.3. The van der Waals surface area contributed by atoms with Crippen molar-refractivity contribution in [2.45, 2.75) is 54.8 Å². The van der Waals surface area contributed by atoms with Crippen LogP contribution in [-0.2, 0) is 36.7 Å². The van der Waals surface area contributed by atoms with Crippen molar-refractivity contribution in [1.82, 2.24) is 29.1 Å². The number of carbonyl (C=O) groups excluding carboxylic acids is 1. The first kappa shape index (κ1) is 30.7. The van der Waals surface area contributed by atoms with Gasteiger partial charge in [-0.3, -0.25) is 41.8 Å². The second kappa shape index (κ2) is 11.1. The van der Waals surface area contributed by atoms with E-state index in [1.807, 2.05) is 0 Å². The molecule has 6 N–H and O–H groups in total. The molecule has 0 aliphatic carbocycles. The molecule has 3 aromatic rings. The number of hydrogen-bond acceptors (Lipinski definition) is 16. The molecule has 7 rings (SSSR count). The number of nitrogens with two attached hydrogens (primary N) is 1. The Balaban J connectivity index is 1.20. The molecule has 3 aromatic heterocycles. The standard InChI is InChI=1S/C21H23ClN8O13P2/c22-10-14-9(41-19(10)29-5-25-11-7(31)1-2-24-16(11)29)4-39-45(36,37)43-15-13(32)8(3-38-44(34,35)42-14)40-20(15)30-6-26-12-17(30)27-21(23)28-18(12)33/h2,5-6,8-10,13-15,19-20,32H,1,3-4H2,(H,34,35)(H,36,37)(H3,23,27,28,33)/t8-,9-,10+,13-,14-,15-,19-,20-/m1/s1. The van der Waals surface area contributed by atoms with Crippen molar-refractivity contribution in [2.75, 3.05) is 18.9 Å². The highest BCUT2D eigenvalue weighted by atomic mass is 35.5. The average Bonchev–Trinajstić information content (AvgIpc) is 3.72. The van der Waals surface area contributed by atoms with E-state index in [0.29, 0.717) is 0 Å². The van der Waals surface area contributed by atoms with Gasteiger partial charge in [-0.1, -0.05) is 0 Å². The van der Waals surface area contributed by atoms with Crippen molar-refractivity contribution in [3.8, 4) is 0 Å². The Morgan fingerprint density at radius 1 is 0.978 bits per heavy atom. The van der Waals surface area contributed by atoms with Crippen LogP contribution in [0.15, 0.2) is 22.4 Å². The predicted molar refractivity (Wildman–Crippen MR) is 147 cm³/mol. The maximum Gasteiger partial charge on any atom is 0.472 e. The highest BCUT2D eigenvalue weighted by molar-refractivity contribution is 7.47. The lowest BCUT2D eigenvalue weighted by Gasteiger charge is -2.25. The number of aliphatic hydroxyl groups is 1. The van der Waals surface area contributed by atoms with Gasteiger partial charge >= 0.3 is 15.6 Å². The zero-order valence-electron chi connectivity index (χ0n) is 22.4. The number of aromatic nitrogens is 6. The number of ether oxygens (including phenoxy) is 2. The quantitative estimate of drug-likeness (QED) is 0.170. The molecular weight excluding hydrogens is 670 g/mol. The number of H-pyrrole nitrogens is 1. The number of anilines is 1. The molecule has 21 nitrogen and oxygen atoms in total. The summed E-state index contributed by atoms with van der Waals surface area (Å²) in [5, 5.41) is 9.74. The lowest BCUT2D eigenvalue weighted by molar-refractivity contribution is -0.0672. The van der Waals surface area contributed by atoms with Gasteiger partial charge in [-0.25, -0.2) is 24.1 Å². The van der Waals surface area contributed by atoms with E-state index >= 15 is 0 Å². The number of aromatic amines is 1. The Labute approximate surface area is 255 Å². The number of aliphatic hydroxyl groups excluding tert-OH is 1. The Morgan fingerprint density at radius 3 is 2.40 bits per heavy atom. The minimum absolute atomic E-state index is 0.0417. The topological polar surface area (TPSA) is 287 Å². The number of nitrogen functional groups attached to an aromatic ring is 1. The maximum atomic E-state index is 13.2. The van der Waals surface area contributed by atoms with Gasteiger partial charge in [0.1, 0.15) is 35.9 Å². The molecule has 7 heterocycles. The van der Waals surface area contributed by atoms with Crippen LogP contribution < -0.4 is 11.3 Å². The number of rotatable bonds is 2. The van der Waals surface area contributed by atoms with E-state index in [0.717, 1.165) is 10.9 Å². The Hall–Kier alpha value is -2.91. The van der Waals surface area contributed by atoms with Crippen LogP contribution in [0.1, 0.15) is 29.4 Å². The lowest BCUT2D eigenvalue weighted by atomic mass is 10.1. The van der Waals surface area contributed by atoms with Crippen LogP contribution in [0.2, 0.25) is 0 Å². The van der Waals surface area contributed by atoms with E-state index in [9.17, 15) is 33.6 Å². The van der Waals surface area contributed by atoms with Crippen LogP contribution in [0.4, 0.5) is 11.8 Å². The summed E-state index contributed by atoms with van der Waals surface area (Å²) in [6.07, 6.45) is -6.70. The molecule has 4 aliphatic rings. The summed E-state index contributed by atoms with van der Waals surface area (Å²) in [6.45, 7) is -1.57. The summed E-state index contributed by atoms with van der Waals surface area (Å²) in [5.74, 6) is -0.461. The number of phosphoric ester groups is 2. The maximum absolute atomic E-state index is 13.2. The zero-order chi connectivity index (χ0) is 31.8. The molecule has 0 aromatic carbocycles. The van der Waals surface area contributed by atoms with Gasteiger partial charge in [-0.05, 0) is 0 Å². The molecule has 45 heavy (non-hydrogen) atoms. The molecule has 4 aliphatic heterocycles. The fraction of sp³-hybridized carbons (Fsp3) is 0.524. The van der Waals surface area contributed by atoms with Crippen molar-refractivity contribution >= 4 is 62.2 Å². The molecule has 3 fully saturated rings. The predicted octanol–water partition coefficient (Wildman–Crippen LogP) is -0.332. The van der Waals surface area contributed by atoms with E-state index in [4.69, 9.17) is 44.9 Å². The third-order valence-corrected chi connectivity index (χ3v) is 9.85. The van der Waals surface area contributed by atoms with Crippen LogP contribution in [0.25, 0.3) is 11.2 Å². The summed E-state index contributed by atoms with van der Waals surface area (Å²) in [5.41, 5.74) is 4.73. The number of ketones is 1. The van der Waals surface area contributed by atoms with E-state index in [-0.39, 0.29) is 40.8 Å². The van der Waals surface area contributed by atoms with Crippen molar-refractivity contribution in [3.63, 3.8) is 0 Å². The largest absolute Gasteiger partial charge is 0.472 e. The monoisotopic (exact) mass is 692 g/mol. The summed E-state index contributed by atoms with van der Waals surface area (Å²) in [7, 11) is -10.1. The van der Waals surface area contributed by atoms with Gasteiger partial charge in [-0.15, -0.1) is 11.6 Å². The Kier molecular flexibility index (Phi) is 7.59. The summed E-state index contributed by atoms with van der Waals surface area (Å²) in [6, 6.07) is 0. The number of fused-ring (bicyclic) bond motifs is 5. The van der Waals surface area contributed by atoms with Crippen LogP contribution in [0.5, 0.6) is 0 Å². The van der Waals surface area contributed by atoms with Crippen LogP contribution in [-0.4, -0.2) is 105 Å². The summed E-state index contributed by atoms with van der Waals surface area (Å²) < 4.78 is 61.5. The van der Waals surface area contributed by atoms with E-state index in [1.54, 1.807) is 0 Å². The first-order chi connectivity index (χ1) is 21.3. The molecule has 10 atom stereocenters. The van der Waals surface area contributed by atoms with Gasteiger partial charge < -0.3 is 30.1 Å².